The normalized spacial score (nSPS) is 12.8. The van der Waals surface area contributed by atoms with Crippen molar-refractivity contribution < 1.29 is 4.79 Å². The minimum absolute atomic E-state index is 0.00231. The third-order valence-corrected chi connectivity index (χ3v) is 4.79. The number of aliphatic imine (C=N–C) groups is 1. The van der Waals surface area contributed by atoms with Crippen molar-refractivity contribution in [1.29, 1.82) is 0 Å². The van der Waals surface area contributed by atoms with Crippen molar-refractivity contribution in [2.24, 2.45) is 4.99 Å². The van der Waals surface area contributed by atoms with E-state index in [9.17, 15) is 4.79 Å². The van der Waals surface area contributed by atoms with Gasteiger partial charge in [-0.2, -0.15) is 11.8 Å². The molecule has 0 aliphatic rings. The van der Waals surface area contributed by atoms with Gasteiger partial charge in [0.2, 0.25) is 5.91 Å². The van der Waals surface area contributed by atoms with Crippen LogP contribution in [0.15, 0.2) is 17.1 Å². The van der Waals surface area contributed by atoms with Crippen molar-refractivity contribution in [3.05, 3.63) is 21.9 Å². The lowest BCUT2D eigenvalue weighted by atomic mass is 10.2. The zero-order valence-corrected chi connectivity index (χ0v) is 16.3. The lowest BCUT2D eigenvalue weighted by Crippen LogP contribution is -2.44. The number of hydrogen-bond acceptors (Lipinski definition) is 4. The monoisotopic (exact) mass is 356 g/mol. The fourth-order valence-electron chi connectivity index (χ4n) is 1.89. The molecule has 0 saturated heterocycles. The van der Waals surface area contributed by atoms with Gasteiger partial charge in [0, 0.05) is 48.6 Å². The molecular formula is C16H28N4OS2. The Morgan fingerprint density at radius 1 is 1.43 bits per heavy atom. The third kappa shape index (κ3) is 8.27. The first kappa shape index (κ1) is 19.8. The number of likely N-dealkylation sites (N-methyl/N-ethyl adjacent to an activating group) is 1. The Bertz CT molecular complexity index is 514. The van der Waals surface area contributed by atoms with Gasteiger partial charge in [0.15, 0.2) is 5.96 Å². The molecule has 0 aliphatic carbocycles. The minimum atomic E-state index is -0.00231. The van der Waals surface area contributed by atoms with Gasteiger partial charge in [0.1, 0.15) is 6.54 Å². The molecular weight excluding hydrogens is 328 g/mol. The van der Waals surface area contributed by atoms with Gasteiger partial charge in [0.05, 0.1) is 0 Å². The molecule has 5 nitrogen and oxygen atoms in total. The van der Waals surface area contributed by atoms with Crippen LogP contribution in [0.5, 0.6) is 0 Å². The zero-order valence-electron chi connectivity index (χ0n) is 14.7. The van der Waals surface area contributed by atoms with Crippen molar-refractivity contribution in [2.45, 2.75) is 26.3 Å². The van der Waals surface area contributed by atoms with Crippen molar-refractivity contribution in [3.63, 3.8) is 0 Å². The van der Waals surface area contributed by atoms with Crippen LogP contribution in [0.25, 0.3) is 0 Å². The summed E-state index contributed by atoms with van der Waals surface area (Å²) in [6, 6.07) is 4.57. The second kappa shape index (κ2) is 10.5. The lowest BCUT2D eigenvalue weighted by molar-refractivity contribution is -0.127. The molecule has 0 radical (unpaired) electrons. The number of thioether (sulfide) groups is 1. The summed E-state index contributed by atoms with van der Waals surface area (Å²) < 4.78 is 0. The van der Waals surface area contributed by atoms with Gasteiger partial charge in [-0.1, -0.05) is 0 Å². The first-order valence-corrected chi connectivity index (χ1v) is 9.92. The molecule has 7 heteroatoms. The molecule has 0 saturated carbocycles. The number of rotatable bonds is 8. The van der Waals surface area contributed by atoms with E-state index in [0.29, 0.717) is 5.96 Å². The molecule has 1 aromatic heterocycles. The smallest absolute Gasteiger partial charge is 0.243 e. The second-order valence-electron chi connectivity index (χ2n) is 5.63. The molecule has 0 fully saturated rings. The number of guanidine groups is 1. The van der Waals surface area contributed by atoms with E-state index in [-0.39, 0.29) is 18.5 Å². The molecule has 1 unspecified atom stereocenters. The highest BCUT2D eigenvalue weighted by Crippen LogP contribution is 2.16. The first-order chi connectivity index (χ1) is 10.9. The average molecular weight is 357 g/mol. The Kier molecular flexibility index (Phi) is 9.09. The second-order valence-corrected chi connectivity index (χ2v) is 7.99. The van der Waals surface area contributed by atoms with Crippen molar-refractivity contribution in [2.75, 3.05) is 39.2 Å². The number of carbonyl (C=O) groups excluding carboxylic acids is 1. The highest BCUT2D eigenvalue weighted by molar-refractivity contribution is 7.98. The van der Waals surface area contributed by atoms with Crippen LogP contribution in [0.3, 0.4) is 0 Å². The maximum Gasteiger partial charge on any atom is 0.243 e. The van der Waals surface area contributed by atoms with Crippen LogP contribution in [-0.4, -0.2) is 62.0 Å². The van der Waals surface area contributed by atoms with Crippen molar-refractivity contribution >= 4 is 35.0 Å². The summed E-state index contributed by atoms with van der Waals surface area (Å²) in [7, 11) is 3.49. The predicted molar refractivity (Wildman–Crippen MR) is 103 cm³/mol. The van der Waals surface area contributed by atoms with Crippen molar-refractivity contribution in [3.8, 4) is 0 Å². The molecule has 130 valence electrons. The molecule has 0 spiro atoms. The number of hydrogen-bond donors (Lipinski definition) is 2. The molecule has 2 N–H and O–H groups in total. The zero-order chi connectivity index (χ0) is 17.2. The van der Waals surface area contributed by atoms with Crippen LogP contribution in [0.1, 0.15) is 16.7 Å². The van der Waals surface area contributed by atoms with Gasteiger partial charge in [-0.05, 0) is 32.2 Å². The van der Waals surface area contributed by atoms with Crippen LogP contribution in [-0.2, 0) is 11.2 Å². The van der Waals surface area contributed by atoms with Gasteiger partial charge < -0.3 is 15.5 Å². The van der Waals surface area contributed by atoms with E-state index >= 15 is 0 Å². The summed E-state index contributed by atoms with van der Waals surface area (Å²) >= 11 is 3.60. The Balaban J connectivity index is 2.59. The van der Waals surface area contributed by atoms with E-state index in [1.54, 1.807) is 30.8 Å². The number of nitrogens with zero attached hydrogens (tertiary/aromatic N) is 2. The van der Waals surface area contributed by atoms with Crippen LogP contribution in [0.2, 0.25) is 0 Å². The molecule has 1 rings (SSSR count). The fourth-order valence-corrected chi connectivity index (χ4v) is 3.22. The van der Waals surface area contributed by atoms with Crippen LogP contribution in [0, 0.1) is 6.92 Å². The largest absolute Gasteiger partial charge is 0.356 e. The number of amides is 1. The van der Waals surface area contributed by atoms with E-state index in [4.69, 9.17) is 0 Å². The highest BCUT2D eigenvalue weighted by atomic mass is 32.2. The average Bonchev–Trinajstić information content (AvgIpc) is 2.89. The fraction of sp³-hybridized carbons (Fsp3) is 0.625. The SMILES string of the molecule is CSCCNC(=NCC(=O)N(C)C)NC(C)Cc1ccc(C)s1. The van der Waals surface area contributed by atoms with Crippen molar-refractivity contribution in [1.82, 2.24) is 15.5 Å². The minimum Gasteiger partial charge on any atom is -0.356 e. The third-order valence-electron chi connectivity index (χ3n) is 3.16. The van der Waals surface area contributed by atoms with E-state index in [1.807, 2.05) is 11.3 Å². The molecule has 23 heavy (non-hydrogen) atoms. The lowest BCUT2D eigenvalue weighted by Gasteiger charge is -2.18. The Morgan fingerprint density at radius 3 is 2.74 bits per heavy atom. The highest BCUT2D eigenvalue weighted by Gasteiger charge is 2.09. The summed E-state index contributed by atoms with van der Waals surface area (Å²) in [5, 5.41) is 6.68. The molecule has 1 heterocycles. The van der Waals surface area contributed by atoms with Gasteiger partial charge in [-0.3, -0.25) is 4.79 Å². The predicted octanol–water partition coefficient (Wildman–Crippen LogP) is 1.97. The van der Waals surface area contributed by atoms with Gasteiger partial charge in [-0.25, -0.2) is 4.99 Å². The van der Waals surface area contributed by atoms with Gasteiger partial charge in [-0.15, -0.1) is 11.3 Å². The quantitative estimate of drug-likeness (QED) is 0.425. The Hall–Kier alpha value is -1.21. The van der Waals surface area contributed by atoms with E-state index < -0.39 is 0 Å². The van der Waals surface area contributed by atoms with Gasteiger partial charge >= 0.3 is 0 Å². The summed E-state index contributed by atoms with van der Waals surface area (Å²) in [6.45, 7) is 5.24. The van der Waals surface area contributed by atoms with Crippen LogP contribution in [0.4, 0.5) is 0 Å². The number of nitrogens with one attached hydrogen (secondary N) is 2. The first-order valence-electron chi connectivity index (χ1n) is 7.71. The van der Waals surface area contributed by atoms with Crippen LogP contribution >= 0.6 is 23.1 Å². The summed E-state index contributed by atoms with van der Waals surface area (Å²) in [6.07, 6.45) is 3.02. The summed E-state index contributed by atoms with van der Waals surface area (Å²) in [5.74, 6) is 1.70. The number of aryl methyl sites for hydroxylation is 1. The molecule has 1 atom stereocenters. The maximum atomic E-state index is 11.7. The topological polar surface area (TPSA) is 56.7 Å². The maximum absolute atomic E-state index is 11.7. The van der Waals surface area contributed by atoms with E-state index in [0.717, 1.165) is 18.7 Å². The molecule has 0 aliphatic heterocycles. The van der Waals surface area contributed by atoms with Gasteiger partial charge in [0.25, 0.3) is 0 Å². The van der Waals surface area contributed by atoms with E-state index in [2.05, 4.69) is 47.9 Å². The number of carbonyl (C=O) groups is 1. The number of thiophene rings is 1. The summed E-state index contributed by atoms with van der Waals surface area (Å²) in [5.41, 5.74) is 0. The van der Waals surface area contributed by atoms with E-state index in [1.165, 1.54) is 9.75 Å². The molecule has 0 aromatic carbocycles. The standard InChI is InChI=1S/C16H28N4OS2/c1-12(10-14-7-6-13(2)23-14)19-16(17-8-9-22-5)18-11-15(21)20(3)4/h6-7,12H,8-11H2,1-5H3,(H2,17,18,19). The molecule has 1 amide bonds. The summed E-state index contributed by atoms with van der Waals surface area (Å²) in [4.78, 5) is 20.4. The Labute approximate surface area is 147 Å². The van der Waals surface area contributed by atoms with Crippen LogP contribution < -0.4 is 10.6 Å². The Morgan fingerprint density at radius 2 is 2.17 bits per heavy atom. The molecule has 0 bridgehead atoms. The molecule has 1 aromatic rings.